The van der Waals surface area contributed by atoms with E-state index in [0.717, 1.165) is 44.9 Å². The van der Waals surface area contributed by atoms with E-state index in [1.165, 1.54) is 6.42 Å². The van der Waals surface area contributed by atoms with Gasteiger partial charge >= 0.3 is 0 Å². The minimum Gasteiger partial charge on any atom is -0.493 e. The predicted octanol–water partition coefficient (Wildman–Crippen LogP) is 3.66. The van der Waals surface area contributed by atoms with Gasteiger partial charge in [0.1, 0.15) is 0 Å². The molecule has 6 nitrogen and oxygen atoms in total. The van der Waals surface area contributed by atoms with Crippen molar-refractivity contribution in [3.8, 4) is 17.2 Å². The maximum Gasteiger partial charge on any atom is 0.251 e. The fourth-order valence-electron chi connectivity index (χ4n) is 3.47. The van der Waals surface area contributed by atoms with Crippen LogP contribution < -0.4 is 25.3 Å². The number of hydrogen-bond donors (Lipinski definition) is 2. The van der Waals surface area contributed by atoms with E-state index < -0.39 is 0 Å². The van der Waals surface area contributed by atoms with Crippen LogP contribution in [0.1, 0.15) is 68.6 Å². The highest BCUT2D eigenvalue weighted by Gasteiger charge is 2.28. The zero-order valence-corrected chi connectivity index (χ0v) is 16.9. The van der Waals surface area contributed by atoms with E-state index in [-0.39, 0.29) is 11.4 Å². The Morgan fingerprint density at radius 2 is 1.74 bits per heavy atom. The predicted molar refractivity (Wildman–Crippen MR) is 107 cm³/mol. The average Bonchev–Trinajstić information content (AvgIpc) is 2.69. The number of carbonyl (C=O) groups excluding carboxylic acids is 1. The molecule has 1 aliphatic carbocycles. The molecule has 0 bridgehead atoms. The number of hydrogen-bond acceptors (Lipinski definition) is 5. The van der Waals surface area contributed by atoms with Crippen LogP contribution in [0, 0.1) is 0 Å². The number of carbonyl (C=O) groups is 1. The number of benzene rings is 1. The summed E-state index contributed by atoms with van der Waals surface area (Å²) in [5, 5.41) is 2.98. The van der Waals surface area contributed by atoms with Crippen molar-refractivity contribution in [2.75, 3.05) is 27.4 Å². The second-order valence-corrected chi connectivity index (χ2v) is 7.37. The molecule has 1 aromatic rings. The van der Waals surface area contributed by atoms with E-state index in [0.29, 0.717) is 36.0 Å². The van der Waals surface area contributed by atoms with Crippen LogP contribution in [0.2, 0.25) is 0 Å². The minimum absolute atomic E-state index is 0.181. The van der Waals surface area contributed by atoms with Crippen LogP contribution in [0.25, 0.3) is 0 Å². The second kappa shape index (κ2) is 10.4. The fraction of sp³-hybridized carbons (Fsp3) is 0.667. The number of methoxy groups -OCH3 is 2. The summed E-state index contributed by atoms with van der Waals surface area (Å²) in [5.41, 5.74) is 6.59. The SMILES string of the molecule is CCCCCOc1c(OC)cc(C(=O)NCC2(N)CCCCC2)cc1OC. The third kappa shape index (κ3) is 6.03. The smallest absolute Gasteiger partial charge is 0.251 e. The van der Waals surface area contributed by atoms with Gasteiger partial charge in [-0.1, -0.05) is 39.0 Å². The van der Waals surface area contributed by atoms with Crippen LogP contribution in [-0.4, -0.2) is 38.8 Å². The maximum atomic E-state index is 12.7. The van der Waals surface area contributed by atoms with E-state index in [2.05, 4.69) is 12.2 Å². The summed E-state index contributed by atoms with van der Waals surface area (Å²) >= 11 is 0. The van der Waals surface area contributed by atoms with E-state index in [9.17, 15) is 4.79 Å². The summed E-state index contributed by atoms with van der Waals surface area (Å²) in [6.07, 6.45) is 8.56. The Labute approximate surface area is 162 Å². The van der Waals surface area contributed by atoms with Crippen molar-refractivity contribution in [1.82, 2.24) is 5.32 Å². The van der Waals surface area contributed by atoms with E-state index >= 15 is 0 Å². The quantitative estimate of drug-likeness (QED) is 0.607. The number of ether oxygens (including phenoxy) is 3. The Hall–Kier alpha value is -1.95. The summed E-state index contributed by atoms with van der Waals surface area (Å²) in [7, 11) is 3.12. The number of nitrogens with two attached hydrogens (primary N) is 1. The molecule has 0 atom stereocenters. The zero-order valence-electron chi connectivity index (χ0n) is 16.9. The van der Waals surface area contributed by atoms with Crippen LogP contribution >= 0.6 is 0 Å². The van der Waals surface area contributed by atoms with Crippen LogP contribution in [0.15, 0.2) is 12.1 Å². The molecule has 3 N–H and O–H groups in total. The minimum atomic E-state index is -0.301. The standard InChI is InChI=1S/C21H34N2O4/c1-4-5-9-12-27-19-17(25-2)13-16(14-18(19)26-3)20(24)23-15-21(22)10-7-6-8-11-21/h13-14H,4-12,15,22H2,1-3H3,(H,23,24). The van der Waals surface area contributed by atoms with E-state index in [1.807, 2.05) is 0 Å². The molecule has 0 saturated heterocycles. The number of amides is 1. The normalized spacial score (nSPS) is 15.9. The Bertz CT molecular complexity index is 587. The van der Waals surface area contributed by atoms with Crippen molar-refractivity contribution in [1.29, 1.82) is 0 Å². The molecule has 2 rings (SSSR count). The first kappa shape index (κ1) is 21.4. The number of nitrogens with one attached hydrogen (secondary N) is 1. The highest BCUT2D eigenvalue weighted by Crippen LogP contribution is 2.38. The summed E-state index contributed by atoms with van der Waals surface area (Å²) in [6, 6.07) is 3.38. The van der Waals surface area contributed by atoms with Gasteiger partial charge in [0.05, 0.1) is 20.8 Å². The summed E-state index contributed by atoms with van der Waals surface area (Å²) in [5.74, 6) is 1.35. The summed E-state index contributed by atoms with van der Waals surface area (Å²) in [6.45, 7) is 3.21. The summed E-state index contributed by atoms with van der Waals surface area (Å²) < 4.78 is 16.7. The van der Waals surface area contributed by atoms with Crippen molar-refractivity contribution < 1.29 is 19.0 Å². The van der Waals surface area contributed by atoms with E-state index in [1.54, 1.807) is 26.4 Å². The van der Waals surface area contributed by atoms with Crippen LogP contribution in [0.4, 0.5) is 0 Å². The molecule has 1 amide bonds. The van der Waals surface area contributed by atoms with Gasteiger partial charge in [-0.2, -0.15) is 0 Å². The third-order valence-electron chi connectivity index (χ3n) is 5.17. The lowest BCUT2D eigenvalue weighted by molar-refractivity contribution is 0.0937. The van der Waals surface area contributed by atoms with Crippen molar-refractivity contribution >= 4 is 5.91 Å². The highest BCUT2D eigenvalue weighted by atomic mass is 16.5. The molecular formula is C21H34N2O4. The van der Waals surface area contributed by atoms with Gasteiger partial charge in [-0.15, -0.1) is 0 Å². The Morgan fingerprint density at radius 1 is 1.11 bits per heavy atom. The molecule has 1 saturated carbocycles. The lowest BCUT2D eigenvalue weighted by Gasteiger charge is -2.33. The van der Waals surface area contributed by atoms with Gasteiger partial charge in [-0.05, 0) is 31.4 Å². The van der Waals surface area contributed by atoms with Crippen molar-refractivity contribution in [3.63, 3.8) is 0 Å². The first-order valence-electron chi connectivity index (χ1n) is 9.99. The fourth-order valence-corrected chi connectivity index (χ4v) is 3.47. The van der Waals surface area contributed by atoms with Crippen LogP contribution in [0.3, 0.4) is 0 Å². The van der Waals surface area contributed by atoms with Gasteiger partial charge in [0.15, 0.2) is 11.5 Å². The second-order valence-electron chi connectivity index (χ2n) is 7.37. The first-order chi connectivity index (χ1) is 13.0. The van der Waals surface area contributed by atoms with Crippen molar-refractivity contribution in [2.24, 2.45) is 5.73 Å². The largest absolute Gasteiger partial charge is 0.493 e. The van der Waals surface area contributed by atoms with Gasteiger partial charge < -0.3 is 25.3 Å². The Kier molecular flexibility index (Phi) is 8.23. The molecular weight excluding hydrogens is 344 g/mol. The number of unbranched alkanes of at least 4 members (excludes halogenated alkanes) is 2. The van der Waals surface area contributed by atoms with Gasteiger partial charge in [-0.25, -0.2) is 0 Å². The van der Waals surface area contributed by atoms with Gasteiger partial charge in [0.2, 0.25) is 5.75 Å². The Balaban J connectivity index is 2.08. The van der Waals surface area contributed by atoms with E-state index in [4.69, 9.17) is 19.9 Å². The molecule has 1 fully saturated rings. The third-order valence-corrected chi connectivity index (χ3v) is 5.17. The maximum absolute atomic E-state index is 12.7. The summed E-state index contributed by atoms with van der Waals surface area (Å²) in [4.78, 5) is 12.7. The number of rotatable bonds is 10. The molecule has 0 radical (unpaired) electrons. The lowest BCUT2D eigenvalue weighted by atomic mass is 9.82. The first-order valence-corrected chi connectivity index (χ1v) is 9.99. The van der Waals surface area contributed by atoms with Gasteiger partial charge in [-0.3, -0.25) is 4.79 Å². The zero-order chi connectivity index (χ0) is 19.7. The highest BCUT2D eigenvalue weighted by molar-refractivity contribution is 5.95. The molecule has 1 aromatic carbocycles. The topological polar surface area (TPSA) is 82.8 Å². The molecule has 0 heterocycles. The molecule has 0 aliphatic heterocycles. The molecule has 1 aliphatic rings. The molecule has 27 heavy (non-hydrogen) atoms. The van der Waals surface area contributed by atoms with Gasteiger partial charge in [0, 0.05) is 17.6 Å². The molecule has 0 unspecified atom stereocenters. The van der Waals surface area contributed by atoms with Crippen LogP contribution in [-0.2, 0) is 0 Å². The lowest BCUT2D eigenvalue weighted by Crippen LogP contribution is -2.51. The average molecular weight is 379 g/mol. The molecule has 0 aromatic heterocycles. The molecule has 6 heteroatoms. The monoisotopic (exact) mass is 378 g/mol. The van der Waals surface area contributed by atoms with Crippen LogP contribution in [0.5, 0.6) is 17.2 Å². The van der Waals surface area contributed by atoms with Crippen molar-refractivity contribution in [3.05, 3.63) is 17.7 Å². The Morgan fingerprint density at radius 3 is 2.30 bits per heavy atom. The van der Waals surface area contributed by atoms with Gasteiger partial charge in [0.25, 0.3) is 5.91 Å². The van der Waals surface area contributed by atoms with Crippen molar-refractivity contribution in [2.45, 2.75) is 63.8 Å². The molecule has 152 valence electrons. The molecule has 0 spiro atoms.